The first kappa shape index (κ1) is 16.0. The van der Waals surface area contributed by atoms with Crippen LogP contribution in [0, 0.1) is 6.92 Å². The highest BCUT2D eigenvalue weighted by atomic mass is 35.5. The molecule has 6 nitrogen and oxygen atoms in total. The Morgan fingerprint density at radius 1 is 1.13 bits per heavy atom. The molecule has 2 aromatic rings. The Bertz CT molecular complexity index is 724. The zero-order chi connectivity index (χ0) is 16.2. The molecule has 0 radical (unpaired) electrons. The van der Waals surface area contributed by atoms with Crippen LogP contribution in [0.3, 0.4) is 0 Å². The van der Waals surface area contributed by atoms with E-state index >= 15 is 0 Å². The van der Waals surface area contributed by atoms with Crippen LogP contribution >= 0.6 is 11.6 Å². The zero-order valence-electron chi connectivity index (χ0n) is 13.2. The molecule has 0 spiro atoms. The highest BCUT2D eigenvalue weighted by molar-refractivity contribution is 6.33. The third-order valence-corrected chi connectivity index (χ3v) is 4.38. The van der Waals surface area contributed by atoms with Crippen molar-refractivity contribution < 1.29 is 0 Å². The van der Waals surface area contributed by atoms with Crippen LogP contribution in [0.2, 0.25) is 5.02 Å². The van der Waals surface area contributed by atoms with E-state index in [1.165, 1.54) is 0 Å². The summed E-state index contributed by atoms with van der Waals surface area (Å²) in [5.41, 5.74) is 1.86. The van der Waals surface area contributed by atoms with Gasteiger partial charge in [0.1, 0.15) is 0 Å². The molecule has 1 saturated heterocycles. The summed E-state index contributed by atoms with van der Waals surface area (Å²) in [5, 5.41) is 4.97. The highest BCUT2D eigenvalue weighted by Crippen LogP contribution is 2.24. The van der Waals surface area contributed by atoms with Gasteiger partial charge in [-0.1, -0.05) is 11.6 Å². The predicted octanol–water partition coefficient (Wildman–Crippen LogP) is 1.42. The molecule has 1 aliphatic heterocycles. The minimum absolute atomic E-state index is 0.0437. The second-order valence-corrected chi connectivity index (χ2v) is 6.10. The van der Waals surface area contributed by atoms with Crippen molar-refractivity contribution in [3.8, 4) is 0 Å². The molecule has 3 heterocycles. The van der Waals surface area contributed by atoms with Gasteiger partial charge in [-0.05, 0) is 19.1 Å². The van der Waals surface area contributed by atoms with Crippen LogP contribution in [-0.2, 0) is 6.54 Å². The molecule has 0 aromatic carbocycles. The quantitative estimate of drug-likeness (QED) is 0.847. The van der Waals surface area contributed by atoms with Crippen molar-refractivity contribution in [3.05, 3.63) is 51.7 Å². The summed E-state index contributed by atoms with van der Waals surface area (Å²) in [5.74, 6) is 0. The molecule has 23 heavy (non-hydrogen) atoms. The lowest BCUT2D eigenvalue weighted by molar-refractivity contribution is 0.242. The van der Waals surface area contributed by atoms with Gasteiger partial charge in [0, 0.05) is 51.2 Å². The Hall–Kier alpha value is -1.92. The fourth-order valence-electron chi connectivity index (χ4n) is 2.78. The Balaban J connectivity index is 1.54. The maximum absolute atomic E-state index is 11.8. The molecule has 2 aromatic heterocycles. The molecular formula is C16H20ClN5O. The maximum atomic E-state index is 11.8. The molecule has 1 aliphatic rings. The van der Waals surface area contributed by atoms with E-state index in [1.54, 1.807) is 29.2 Å². The molecule has 0 N–H and O–H groups in total. The second kappa shape index (κ2) is 7.10. The molecule has 122 valence electrons. The lowest BCUT2D eigenvalue weighted by Crippen LogP contribution is -2.47. The number of nitrogens with zero attached hydrogens (tertiary/aromatic N) is 5. The van der Waals surface area contributed by atoms with Gasteiger partial charge in [-0.2, -0.15) is 5.10 Å². The number of anilines is 1. The summed E-state index contributed by atoms with van der Waals surface area (Å²) >= 11 is 6.20. The number of hydrogen-bond donors (Lipinski definition) is 0. The number of aromatic nitrogens is 3. The summed E-state index contributed by atoms with van der Waals surface area (Å²) in [4.78, 5) is 20.4. The van der Waals surface area contributed by atoms with E-state index in [-0.39, 0.29) is 5.56 Å². The van der Waals surface area contributed by atoms with Crippen LogP contribution in [0.5, 0.6) is 0 Å². The summed E-state index contributed by atoms with van der Waals surface area (Å²) in [6.45, 7) is 7.07. The number of rotatable bonds is 4. The molecule has 0 unspecified atom stereocenters. The van der Waals surface area contributed by atoms with Crippen LogP contribution in [0.1, 0.15) is 5.69 Å². The third kappa shape index (κ3) is 3.89. The molecule has 7 heteroatoms. The van der Waals surface area contributed by atoms with Gasteiger partial charge in [0.2, 0.25) is 0 Å². The van der Waals surface area contributed by atoms with Gasteiger partial charge in [0.25, 0.3) is 5.56 Å². The van der Waals surface area contributed by atoms with Gasteiger partial charge in [-0.15, -0.1) is 0 Å². The van der Waals surface area contributed by atoms with Gasteiger partial charge in [-0.25, -0.2) is 4.68 Å². The molecular weight excluding hydrogens is 314 g/mol. The predicted molar refractivity (Wildman–Crippen MR) is 91.1 cm³/mol. The van der Waals surface area contributed by atoms with Crippen molar-refractivity contribution >= 4 is 17.3 Å². The van der Waals surface area contributed by atoms with Gasteiger partial charge >= 0.3 is 0 Å². The number of halogens is 1. The first-order chi connectivity index (χ1) is 11.1. The largest absolute Gasteiger partial charge is 0.368 e. The van der Waals surface area contributed by atoms with E-state index in [4.69, 9.17) is 11.6 Å². The van der Waals surface area contributed by atoms with Crippen molar-refractivity contribution in [2.75, 3.05) is 37.6 Å². The Morgan fingerprint density at radius 3 is 2.65 bits per heavy atom. The topological polar surface area (TPSA) is 54.3 Å². The number of pyridine rings is 1. The van der Waals surface area contributed by atoms with Gasteiger partial charge < -0.3 is 4.90 Å². The van der Waals surface area contributed by atoms with E-state index in [0.29, 0.717) is 11.6 Å². The second-order valence-electron chi connectivity index (χ2n) is 5.69. The van der Waals surface area contributed by atoms with Gasteiger partial charge in [0.15, 0.2) is 0 Å². The number of piperazine rings is 1. The van der Waals surface area contributed by atoms with Crippen molar-refractivity contribution in [2.45, 2.75) is 13.5 Å². The molecule has 0 bridgehead atoms. The average Bonchev–Trinajstić information content (AvgIpc) is 2.57. The monoisotopic (exact) mass is 333 g/mol. The number of hydrogen-bond acceptors (Lipinski definition) is 5. The highest BCUT2D eigenvalue weighted by Gasteiger charge is 2.18. The molecule has 3 rings (SSSR count). The first-order valence-electron chi connectivity index (χ1n) is 7.75. The van der Waals surface area contributed by atoms with Gasteiger partial charge in [-0.3, -0.25) is 14.7 Å². The summed E-state index contributed by atoms with van der Waals surface area (Å²) in [6, 6.07) is 5.27. The van der Waals surface area contributed by atoms with Crippen molar-refractivity contribution in [1.82, 2.24) is 19.7 Å². The van der Waals surface area contributed by atoms with Crippen molar-refractivity contribution in [1.29, 1.82) is 0 Å². The Morgan fingerprint density at radius 2 is 1.91 bits per heavy atom. The SMILES string of the molecule is Cc1ccc(=O)n(CCN2CCN(c3ccncc3Cl)CC2)n1. The average molecular weight is 334 g/mol. The fraction of sp³-hybridized carbons (Fsp3) is 0.438. The minimum Gasteiger partial charge on any atom is -0.368 e. The number of aryl methyl sites for hydroxylation is 1. The minimum atomic E-state index is -0.0437. The molecule has 0 atom stereocenters. The normalized spacial score (nSPS) is 15.8. The summed E-state index contributed by atoms with van der Waals surface area (Å²) < 4.78 is 1.54. The molecule has 0 amide bonds. The molecule has 0 saturated carbocycles. The third-order valence-electron chi connectivity index (χ3n) is 4.09. The first-order valence-corrected chi connectivity index (χ1v) is 8.13. The Labute approximate surface area is 140 Å². The van der Waals surface area contributed by atoms with Crippen molar-refractivity contribution in [2.24, 2.45) is 0 Å². The fourth-order valence-corrected chi connectivity index (χ4v) is 3.02. The maximum Gasteiger partial charge on any atom is 0.266 e. The Kier molecular flexibility index (Phi) is 4.93. The van der Waals surface area contributed by atoms with Crippen LogP contribution in [0.4, 0.5) is 5.69 Å². The molecule has 1 fully saturated rings. The zero-order valence-corrected chi connectivity index (χ0v) is 13.9. The van der Waals surface area contributed by atoms with Gasteiger partial charge in [0.05, 0.1) is 22.9 Å². The van der Waals surface area contributed by atoms with Crippen LogP contribution in [-0.4, -0.2) is 52.4 Å². The lowest BCUT2D eigenvalue weighted by Gasteiger charge is -2.36. The lowest BCUT2D eigenvalue weighted by atomic mass is 10.2. The smallest absolute Gasteiger partial charge is 0.266 e. The standard InChI is InChI=1S/C16H20ClN5O/c1-13-2-3-16(23)22(19-13)11-8-20-6-9-21(10-7-20)15-4-5-18-12-14(15)17/h2-5,12H,6-11H2,1H3. The van der Waals surface area contributed by atoms with E-state index in [2.05, 4.69) is 19.9 Å². The van der Waals surface area contributed by atoms with Crippen molar-refractivity contribution in [3.63, 3.8) is 0 Å². The van der Waals surface area contributed by atoms with Crippen LogP contribution in [0.25, 0.3) is 0 Å². The van der Waals surface area contributed by atoms with Crippen LogP contribution in [0.15, 0.2) is 35.4 Å². The molecule has 0 aliphatic carbocycles. The van der Waals surface area contributed by atoms with E-state index in [0.717, 1.165) is 44.1 Å². The van der Waals surface area contributed by atoms with E-state index < -0.39 is 0 Å². The summed E-state index contributed by atoms with van der Waals surface area (Å²) in [7, 11) is 0. The van der Waals surface area contributed by atoms with Crippen LogP contribution < -0.4 is 10.5 Å². The van der Waals surface area contributed by atoms with E-state index in [9.17, 15) is 4.79 Å². The summed E-state index contributed by atoms with van der Waals surface area (Å²) in [6.07, 6.45) is 3.45. The van der Waals surface area contributed by atoms with E-state index in [1.807, 2.05) is 13.0 Å².